The maximum atomic E-state index is 12.6. The second kappa shape index (κ2) is 7.39. The average molecular weight is 352 g/mol. The Morgan fingerprint density at radius 1 is 1.15 bits per heavy atom. The maximum Gasteiger partial charge on any atom is 0.338 e. The highest BCUT2D eigenvalue weighted by Crippen LogP contribution is 2.24. The lowest BCUT2D eigenvalue weighted by Gasteiger charge is -2.17. The van der Waals surface area contributed by atoms with E-state index in [-0.39, 0.29) is 11.8 Å². The first kappa shape index (κ1) is 17.7. The summed E-state index contributed by atoms with van der Waals surface area (Å²) in [5.74, 6) is -0.680. The van der Waals surface area contributed by atoms with Gasteiger partial charge in [-0.05, 0) is 49.2 Å². The molecule has 2 aromatic carbocycles. The van der Waals surface area contributed by atoms with Gasteiger partial charge in [0.05, 0.1) is 12.7 Å². The lowest BCUT2D eigenvalue weighted by Crippen LogP contribution is -2.24. The summed E-state index contributed by atoms with van der Waals surface area (Å²) in [6, 6.07) is 12.0. The van der Waals surface area contributed by atoms with E-state index < -0.39 is 5.97 Å². The number of nitrogens with one attached hydrogen (secondary N) is 1. The van der Waals surface area contributed by atoms with E-state index in [1.807, 2.05) is 6.07 Å². The van der Waals surface area contributed by atoms with Crippen molar-refractivity contribution < 1.29 is 19.1 Å². The summed E-state index contributed by atoms with van der Waals surface area (Å²) in [5.41, 5.74) is 2.76. The molecule has 1 N–H and O–H groups in total. The molecule has 6 heteroatoms. The Kier molecular flexibility index (Phi) is 5.02. The Hall–Kier alpha value is -3.15. The zero-order valence-corrected chi connectivity index (χ0v) is 14.7. The molecule has 0 radical (unpaired) electrons. The molecule has 26 heavy (non-hydrogen) atoms. The number of methoxy groups -OCH3 is 1. The van der Waals surface area contributed by atoms with Gasteiger partial charge in [0, 0.05) is 29.9 Å². The fourth-order valence-corrected chi connectivity index (χ4v) is 3.03. The van der Waals surface area contributed by atoms with Crippen LogP contribution in [0.25, 0.3) is 0 Å². The largest absolute Gasteiger partial charge is 0.465 e. The van der Waals surface area contributed by atoms with Crippen molar-refractivity contribution in [3.05, 3.63) is 59.2 Å². The molecule has 0 atom stereocenters. The molecule has 0 aliphatic carbocycles. The third kappa shape index (κ3) is 3.44. The third-order valence-corrected chi connectivity index (χ3v) is 4.48. The number of carbonyl (C=O) groups excluding carboxylic acids is 3. The predicted molar refractivity (Wildman–Crippen MR) is 98.5 cm³/mol. The Bertz CT molecular complexity index is 876. The van der Waals surface area contributed by atoms with Crippen LogP contribution in [0.4, 0.5) is 11.4 Å². The predicted octanol–water partition coefficient (Wildman–Crippen LogP) is 3.16. The van der Waals surface area contributed by atoms with Gasteiger partial charge in [-0.3, -0.25) is 9.59 Å². The van der Waals surface area contributed by atoms with Crippen molar-refractivity contribution in [1.29, 1.82) is 0 Å². The number of rotatable bonds is 4. The minimum absolute atomic E-state index is 0.0733. The van der Waals surface area contributed by atoms with E-state index in [0.717, 1.165) is 12.1 Å². The topological polar surface area (TPSA) is 75.7 Å². The van der Waals surface area contributed by atoms with E-state index in [1.165, 1.54) is 7.11 Å². The van der Waals surface area contributed by atoms with Gasteiger partial charge in [-0.2, -0.15) is 0 Å². The Morgan fingerprint density at radius 2 is 1.92 bits per heavy atom. The highest BCUT2D eigenvalue weighted by Gasteiger charge is 2.22. The van der Waals surface area contributed by atoms with E-state index >= 15 is 0 Å². The Labute approximate surface area is 151 Å². The molecule has 2 aromatic rings. The second-order valence-corrected chi connectivity index (χ2v) is 6.12. The first-order chi connectivity index (χ1) is 12.5. The highest BCUT2D eigenvalue weighted by atomic mass is 16.5. The van der Waals surface area contributed by atoms with Gasteiger partial charge >= 0.3 is 5.97 Å². The van der Waals surface area contributed by atoms with E-state index in [2.05, 4.69) is 5.32 Å². The van der Waals surface area contributed by atoms with Crippen LogP contribution in [0, 0.1) is 6.92 Å². The van der Waals surface area contributed by atoms with Crippen LogP contribution in [-0.4, -0.2) is 31.4 Å². The van der Waals surface area contributed by atoms with Gasteiger partial charge < -0.3 is 15.0 Å². The van der Waals surface area contributed by atoms with Gasteiger partial charge in [-0.1, -0.05) is 12.1 Å². The summed E-state index contributed by atoms with van der Waals surface area (Å²) < 4.78 is 4.76. The normalized spacial score (nSPS) is 13.6. The molecule has 6 nitrogen and oxygen atoms in total. The number of nitrogens with zero attached hydrogens (tertiary/aromatic N) is 1. The number of ether oxygens (including phenoxy) is 1. The minimum atomic E-state index is -0.451. The van der Waals surface area contributed by atoms with Gasteiger partial charge in [-0.15, -0.1) is 0 Å². The maximum absolute atomic E-state index is 12.6. The average Bonchev–Trinajstić information content (AvgIpc) is 3.09. The fourth-order valence-electron chi connectivity index (χ4n) is 3.03. The van der Waals surface area contributed by atoms with Gasteiger partial charge in [-0.25, -0.2) is 4.79 Å². The van der Waals surface area contributed by atoms with Crippen molar-refractivity contribution in [2.24, 2.45) is 0 Å². The molecule has 0 bridgehead atoms. The molecule has 134 valence electrons. The summed E-state index contributed by atoms with van der Waals surface area (Å²) in [4.78, 5) is 38.0. The van der Waals surface area contributed by atoms with Gasteiger partial charge in [0.1, 0.15) is 0 Å². The SMILES string of the molecule is COC(=O)c1cccc(NC(=O)c2cccc(N3CCCC3=O)c2)c1C. The van der Waals surface area contributed by atoms with Crippen LogP contribution in [0.2, 0.25) is 0 Å². The molecule has 2 amide bonds. The third-order valence-electron chi connectivity index (χ3n) is 4.48. The standard InChI is InChI=1S/C20H20N2O4/c1-13-16(20(25)26-2)8-4-9-17(13)21-19(24)14-6-3-7-15(12-14)22-11-5-10-18(22)23/h3-4,6-9,12H,5,10-11H2,1-2H3,(H,21,24). The number of carbonyl (C=O) groups is 3. The number of benzene rings is 2. The molecule has 1 aliphatic heterocycles. The van der Waals surface area contributed by atoms with Crippen LogP contribution < -0.4 is 10.2 Å². The molecular formula is C20H20N2O4. The van der Waals surface area contributed by atoms with E-state index in [1.54, 1.807) is 48.2 Å². The Morgan fingerprint density at radius 3 is 2.62 bits per heavy atom. The molecule has 1 aliphatic rings. The zero-order valence-electron chi connectivity index (χ0n) is 14.7. The van der Waals surface area contributed by atoms with Crippen LogP contribution in [0.3, 0.4) is 0 Å². The highest BCUT2D eigenvalue weighted by molar-refractivity contribution is 6.06. The number of amides is 2. The Balaban J connectivity index is 1.83. The first-order valence-corrected chi connectivity index (χ1v) is 8.41. The lowest BCUT2D eigenvalue weighted by atomic mass is 10.1. The van der Waals surface area contributed by atoms with Crippen molar-refractivity contribution in [3.8, 4) is 0 Å². The zero-order chi connectivity index (χ0) is 18.7. The lowest BCUT2D eigenvalue weighted by molar-refractivity contribution is -0.117. The molecule has 1 fully saturated rings. The van der Waals surface area contributed by atoms with E-state index in [4.69, 9.17) is 4.74 Å². The molecule has 0 spiro atoms. The van der Waals surface area contributed by atoms with E-state index in [0.29, 0.717) is 35.3 Å². The summed E-state index contributed by atoms with van der Waals surface area (Å²) in [6.45, 7) is 2.42. The van der Waals surface area contributed by atoms with E-state index in [9.17, 15) is 14.4 Å². The molecule has 1 heterocycles. The summed E-state index contributed by atoms with van der Waals surface area (Å²) in [7, 11) is 1.32. The van der Waals surface area contributed by atoms with Crippen LogP contribution >= 0.6 is 0 Å². The molecule has 3 rings (SSSR count). The van der Waals surface area contributed by atoms with Crippen molar-refractivity contribution >= 4 is 29.2 Å². The molecule has 0 saturated carbocycles. The van der Waals surface area contributed by atoms with Crippen LogP contribution in [0.5, 0.6) is 0 Å². The van der Waals surface area contributed by atoms with Crippen molar-refractivity contribution in [2.45, 2.75) is 19.8 Å². The molecule has 0 aromatic heterocycles. The summed E-state index contributed by atoms with van der Waals surface area (Å²) >= 11 is 0. The minimum Gasteiger partial charge on any atom is -0.465 e. The van der Waals surface area contributed by atoms with Crippen molar-refractivity contribution in [3.63, 3.8) is 0 Å². The second-order valence-electron chi connectivity index (χ2n) is 6.12. The molecule has 1 saturated heterocycles. The van der Waals surface area contributed by atoms with Gasteiger partial charge in [0.15, 0.2) is 0 Å². The monoisotopic (exact) mass is 352 g/mol. The smallest absolute Gasteiger partial charge is 0.338 e. The van der Waals surface area contributed by atoms with Crippen LogP contribution in [0.15, 0.2) is 42.5 Å². The number of hydrogen-bond donors (Lipinski definition) is 1. The number of hydrogen-bond acceptors (Lipinski definition) is 4. The van der Waals surface area contributed by atoms with Crippen LogP contribution in [0.1, 0.15) is 39.1 Å². The van der Waals surface area contributed by atoms with Crippen molar-refractivity contribution in [2.75, 3.05) is 23.9 Å². The summed E-state index contributed by atoms with van der Waals surface area (Å²) in [5, 5.41) is 2.82. The molecule has 0 unspecified atom stereocenters. The van der Waals surface area contributed by atoms with Crippen molar-refractivity contribution in [1.82, 2.24) is 0 Å². The molecular weight excluding hydrogens is 332 g/mol. The summed E-state index contributed by atoms with van der Waals surface area (Å²) in [6.07, 6.45) is 1.37. The first-order valence-electron chi connectivity index (χ1n) is 8.41. The van der Waals surface area contributed by atoms with Gasteiger partial charge in [0.2, 0.25) is 5.91 Å². The number of anilines is 2. The number of esters is 1. The van der Waals surface area contributed by atoms with Gasteiger partial charge in [0.25, 0.3) is 5.91 Å². The van der Waals surface area contributed by atoms with Crippen LogP contribution in [-0.2, 0) is 9.53 Å². The quantitative estimate of drug-likeness (QED) is 0.858. The fraction of sp³-hybridized carbons (Fsp3) is 0.250.